The van der Waals surface area contributed by atoms with Gasteiger partial charge in [0.1, 0.15) is 5.82 Å². The molecule has 0 bridgehead atoms. The topological polar surface area (TPSA) is 108 Å². The minimum absolute atomic E-state index is 0.0257. The zero-order valence-electron chi connectivity index (χ0n) is 17.7. The number of aromatic nitrogens is 1. The van der Waals surface area contributed by atoms with E-state index >= 15 is 0 Å². The third-order valence-electron chi connectivity index (χ3n) is 5.07. The van der Waals surface area contributed by atoms with Crippen LogP contribution in [0.5, 0.6) is 0 Å². The van der Waals surface area contributed by atoms with Crippen LogP contribution >= 0.6 is 11.3 Å². The number of nitrogens with one attached hydrogen (secondary N) is 2. The summed E-state index contributed by atoms with van der Waals surface area (Å²) in [6.07, 6.45) is 1.26. The third-order valence-corrected chi connectivity index (χ3v) is 7.49. The number of carbonyl (C=O) groups excluding carboxylic acids is 2. The molecule has 1 saturated heterocycles. The average molecular weight is 489 g/mol. The van der Waals surface area contributed by atoms with Gasteiger partial charge in [-0.2, -0.15) is 0 Å². The highest BCUT2D eigenvalue weighted by molar-refractivity contribution is 7.92. The molecule has 0 spiro atoms. The predicted molar refractivity (Wildman–Crippen MR) is 124 cm³/mol. The molecule has 0 aliphatic carbocycles. The van der Waals surface area contributed by atoms with E-state index in [0.29, 0.717) is 29.4 Å². The number of carbonyl (C=O) groups is 2. The van der Waals surface area contributed by atoms with E-state index in [-0.39, 0.29) is 34.5 Å². The van der Waals surface area contributed by atoms with Crippen LogP contribution in [0.15, 0.2) is 52.7 Å². The van der Waals surface area contributed by atoms with Gasteiger partial charge >= 0.3 is 0 Å². The molecule has 2 amide bonds. The summed E-state index contributed by atoms with van der Waals surface area (Å²) in [5.74, 6) is -1.05. The molecule has 3 aromatic rings. The Bertz CT molecular complexity index is 1320. The Balaban J connectivity index is 1.46. The summed E-state index contributed by atoms with van der Waals surface area (Å²) < 4.78 is 41.8. The molecule has 0 unspecified atom stereocenters. The van der Waals surface area contributed by atoms with E-state index in [1.807, 2.05) is 0 Å². The van der Waals surface area contributed by atoms with Crippen LogP contribution in [0.2, 0.25) is 0 Å². The van der Waals surface area contributed by atoms with E-state index in [9.17, 15) is 22.4 Å². The first-order chi connectivity index (χ1) is 15.7. The van der Waals surface area contributed by atoms with Gasteiger partial charge in [-0.25, -0.2) is 17.8 Å². The van der Waals surface area contributed by atoms with Crippen LogP contribution in [0, 0.1) is 12.7 Å². The van der Waals surface area contributed by atoms with Gasteiger partial charge in [0, 0.05) is 24.0 Å². The number of hydrogen-bond acceptors (Lipinski definition) is 6. The van der Waals surface area contributed by atoms with Gasteiger partial charge in [-0.1, -0.05) is 18.2 Å². The first kappa shape index (κ1) is 22.9. The van der Waals surface area contributed by atoms with Crippen molar-refractivity contribution in [2.24, 2.45) is 0 Å². The van der Waals surface area contributed by atoms with Crippen molar-refractivity contribution in [2.75, 3.05) is 21.5 Å². The highest BCUT2D eigenvalue weighted by atomic mass is 32.2. The van der Waals surface area contributed by atoms with Crippen LogP contribution in [0.4, 0.5) is 20.9 Å². The number of amides is 2. The Morgan fingerprint density at radius 3 is 2.76 bits per heavy atom. The van der Waals surface area contributed by atoms with Gasteiger partial charge in [-0.15, -0.1) is 11.3 Å². The number of halogens is 1. The monoisotopic (exact) mass is 488 g/mol. The highest BCUT2D eigenvalue weighted by Crippen LogP contribution is 2.26. The van der Waals surface area contributed by atoms with Gasteiger partial charge in [0.25, 0.3) is 10.0 Å². The number of aryl methyl sites for hydroxylation is 1. The third kappa shape index (κ3) is 5.20. The van der Waals surface area contributed by atoms with Crippen LogP contribution in [0.3, 0.4) is 0 Å². The molecule has 1 aliphatic rings. The van der Waals surface area contributed by atoms with Crippen LogP contribution in [0.1, 0.15) is 24.1 Å². The fourth-order valence-electron chi connectivity index (χ4n) is 3.43. The first-order valence-corrected chi connectivity index (χ1v) is 12.5. The van der Waals surface area contributed by atoms with Gasteiger partial charge in [0.2, 0.25) is 11.8 Å². The van der Waals surface area contributed by atoms with Gasteiger partial charge in [-0.05, 0) is 43.2 Å². The molecule has 4 rings (SSSR count). The number of thiazole rings is 1. The molecule has 1 aromatic heterocycles. The molecule has 2 N–H and O–H groups in total. The molecule has 0 radical (unpaired) electrons. The van der Waals surface area contributed by atoms with Crippen molar-refractivity contribution in [3.05, 3.63) is 64.9 Å². The summed E-state index contributed by atoms with van der Waals surface area (Å²) in [5, 5.41) is 4.97. The second kappa shape index (κ2) is 9.28. The largest absolute Gasteiger partial charge is 0.326 e. The maximum atomic E-state index is 13.9. The average Bonchev–Trinajstić information content (AvgIpc) is 3.39. The van der Waals surface area contributed by atoms with Crippen molar-refractivity contribution in [2.45, 2.75) is 31.1 Å². The normalized spacial score (nSPS) is 13.9. The zero-order chi connectivity index (χ0) is 23.6. The Morgan fingerprint density at radius 2 is 2.03 bits per heavy atom. The van der Waals surface area contributed by atoms with Crippen molar-refractivity contribution in [3.63, 3.8) is 0 Å². The fraction of sp³-hybridized carbons (Fsp3) is 0.227. The molecular weight excluding hydrogens is 467 g/mol. The number of benzene rings is 2. The summed E-state index contributed by atoms with van der Waals surface area (Å²) in [7, 11) is -4.08. The minimum atomic E-state index is -4.08. The van der Waals surface area contributed by atoms with Crippen molar-refractivity contribution in [1.29, 1.82) is 0 Å². The number of hydrogen-bond donors (Lipinski definition) is 2. The van der Waals surface area contributed by atoms with E-state index in [2.05, 4.69) is 15.0 Å². The SMILES string of the molecule is Cc1ccc(NC(=O)Cc2csc(N3CCCC3=O)n2)cc1S(=O)(=O)Nc1ccccc1F. The summed E-state index contributed by atoms with van der Waals surface area (Å²) in [6, 6.07) is 9.94. The number of anilines is 3. The number of para-hydroxylation sites is 1. The molecule has 33 heavy (non-hydrogen) atoms. The molecule has 1 aliphatic heterocycles. The Labute approximate surface area is 194 Å². The molecule has 2 aromatic carbocycles. The number of sulfonamides is 1. The van der Waals surface area contributed by atoms with Crippen molar-refractivity contribution < 1.29 is 22.4 Å². The predicted octanol–water partition coefficient (Wildman–Crippen LogP) is 3.70. The second-order valence-corrected chi connectivity index (χ2v) is 10.0. The van der Waals surface area contributed by atoms with Crippen molar-refractivity contribution in [3.8, 4) is 0 Å². The molecule has 11 heteroatoms. The minimum Gasteiger partial charge on any atom is -0.326 e. The fourth-order valence-corrected chi connectivity index (χ4v) is 5.64. The van der Waals surface area contributed by atoms with Gasteiger partial charge in [-0.3, -0.25) is 19.2 Å². The molecule has 8 nitrogen and oxygen atoms in total. The smallest absolute Gasteiger partial charge is 0.262 e. The lowest BCUT2D eigenvalue weighted by atomic mass is 10.2. The molecule has 0 atom stereocenters. The molecule has 2 heterocycles. The quantitative estimate of drug-likeness (QED) is 0.527. The van der Waals surface area contributed by atoms with Crippen LogP contribution in [-0.4, -0.2) is 31.8 Å². The molecule has 0 saturated carbocycles. The lowest BCUT2D eigenvalue weighted by Gasteiger charge is -2.13. The van der Waals surface area contributed by atoms with Crippen LogP contribution in [0.25, 0.3) is 0 Å². The van der Waals surface area contributed by atoms with Crippen molar-refractivity contribution in [1.82, 2.24) is 4.98 Å². The van der Waals surface area contributed by atoms with Crippen LogP contribution in [-0.2, 0) is 26.0 Å². The molecule has 1 fully saturated rings. The van der Waals surface area contributed by atoms with E-state index in [4.69, 9.17) is 0 Å². The van der Waals surface area contributed by atoms with E-state index in [0.717, 1.165) is 12.5 Å². The van der Waals surface area contributed by atoms with E-state index in [1.54, 1.807) is 29.3 Å². The summed E-state index contributed by atoms with van der Waals surface area (Å²) in [4.78, 5) is 30.3. The van der Waals surface area contributed by atoms with Crippen molar-refractivity contribution >= 4 is 49.7 Å². The molecule has 172 valence electrons. The Kier molecular flexibility index (Phi) is 6.43. The second-order valence-electron chi connectivity index (χ2n) is 7.56. The first-order valence-electron chi connectivity index (χ1n) is 10.2. The molecular formula is C22H21FN4O4S2. The lowest BCUT2D eigenvalue weighted by Crippen LogP contribution is -2.23. The lowest BCUT2D eigenvalue weighted by molar-refractivity contribution is -0.117. The zero-order valence-corrected chi connectivity index (χ0v) is 19.3. The van der Waals surface area contributed by atoms with E-state index < -0.39 is 15.8 Å². The summed E-state index contributed by atoms with van der Waals surface area (Å²) >= 11 is 1.30. The summed E-state index contributed by atoms with van der Waals surface area (Å²) in [6.45, 7) is 2.23. The van der Waals surface area contributed by atoms with Gasteiger partial charge in [0.05, 0.1) is 22.7 Å². The number of rotatable bonds is 7. The maximum absolute atomic E-state index is 13.9. The van der Waals surface area contributed by atoms with Crippen LogP contribution < -0.4 is 14.9 Å². The Hall–Kier alpha value is -3.31. The highest BCUT2D eigenvalue weighted by Gasteiger charge is 2.24. The maximum Gasteiger partial charge on any atom is 0.262 e. The van der Waals surface area contributed by atoms with E-state index in [1.165, 1.54) is 35.6 Å². The van der Waals surface area contributed by atoms with Gasteiger partial charge < -0.3 is 5.32 Å². The number of nitrogens with zero attached hydrogens (tertiary/aromatic N) is 2. The standard InChI is InChI=1S/C22H21FN4O4S2/c1-14-8-9-15(11-19(14)33(30,31)26-18-6-3-2-5-17(18)23)24-20(28)12-16-13-32-22(25-16)27-10-4-7-21(27)29/h2-3,5-6,8-9,11,13,26H,4,7,10,12H2,1H3,(H,24,28). The Morgan fingerprint density at radius 1 is 1.24 bits per heavy atom. The summed E-state index contributed by atoms with van der Waals surface area (Å²) in [5.41, 5.74) is 1.08. The van der Waals surface area contributed by atoms with Gasteiger partial charge in [0.15, 0.2) is 5.13 Å².